The van der Waals surface area contributed by atoms with E-state index in [0.29, 0.717) is 46.5 Å². The molecule has 6 rings (SSSR count). The predicted molar refractivity (Wildman–Crippen MR) is 150 cm³/mol. The number of halogens is 2. The number of nitrogens with two attached hydrogens (primary N) is 2. The Morgan fingerprint density at radius 1 is 1.12 bits per heavy atom. The van der Waals surface area contributed by atoms with Gasteiger partial charge in [-0.25, -0.2) is 24.3 Å². The summed E-state index contributed by atoms with van der Waals surface area (Å²) in [6, 6.07) is 13.7. The topological polar surface area (TPSA) is 148 Å². The standard InChI is InChI=1S/C28H24ClFN10/c29-24-4-1-3-23(38-24)28(33)7-2-8-39(14-28)22-12-34-21(17-5-6-18(11-31)20(30)9-17)10-19(22)13-40-16-37-25-26(32)35-15-36-27(25)40/h1,3-6,9-10,12,15-16H,2,7-8,13-14,33H2,(H2,32,35,36). The molecule has 0 amide bonds. The van der Waals surface area contributed by atoms with Gasteiger partial charge in [0.05, 0.1) is 47.2 Å². The zero-order valence-electron chi connectivity index (χ0n) is 21.3. The molecule has 1 unspecified atom stereocenters. The number of benzene rings is 1. The number of imidazole rings is 1. The molecule has 4 N–H and O–H groups in total. The molecule has 1 aromatic carbocycles. The van der Waals surface area contributed by atoms with E-state index in [-0.39, 0.29) is 5.56 Å². The minimum Gasteiger partial charge on any atom is -0.382 e. The number of fused-ring (bicyclic) bond motifs is 1. The Kier molecular flexibility index (Phi) is 6.50. The summed E-state index contributed by atoms with van der Waals surface area (Å²) in [5, 5.41) is 9.53. The van der Waals surface area contributed by atoms with E-state index in [1.807, 2.05) is 28.8 Å². The van der Waals surface area contributed by atoms with Crippen LogP contribution in [0.5, 0.6) is 0 Å². The van der Waals surface area contributed by atoms with Gasteiger partial charge in [0, 0.05) is 18.7 Å². The van der Waals surface area contributed by atoms with Crippen molar-refractivity contribution < 1.29 is 4.39 Å². The lowest BCUT2D eigenvalue weighted by Crippen LogP contribution is -2.52. The third-order valence-electron chi connectivity index (χ3n) is 7.21. The summed E-state index contributed by atoms with van der Waals surface area (Å²) in [5.74, 6) is -0.302. The molecule has 1 saturated heterocycles. The first-order chi connectivity index (χ1) is 19.3. The number of nitrogens with zero attached hydrogens (tertiary/aromatic N) is 8. The Balaban J connectivity index is 1.43. The van der Waals surface area contributed by atoms with E-state index in [4.69, 9.17) is 28.3 Å². The molecule has 4 aromatic heterocycles. The van der Waals surface area contributed by atoms with Gasteiger partial charge in [-0.05, 0) is 48.7 Å². The predicted octanol–water partition coefficient (Wildman–Crippen LogP) is 4.03. The van der Waals surface area contributed by atoms with Crippen LogP contribution in [0.25, 0.3) is 22.4 Å². The smallest absolute Gasteiger partial charge is 0.165 e. The van der Waals surface area contributed by atoms with Gasteiger partial charge in [0.1, 0.15) is 28.9 Å². The van der Waals surface area contributed by atoms with Gasteiger partial charge in [-0.2, -0.15) is 5.26 Å². The van der Waals surface area contributed by atoms with Gasteiger partial charge in [-0.3, -0.25) is 4.98 Å². The van der Waals surface area contributed by atoms with Gasteiger partial charge in [-0.15, -0.1) is 0 Å². The average Bonchev–Trinajstić information content (AvgIpc) is 3.37. The summed E-state index contributed by atoms with van der Waals surface area (Å²) in [6.45, 7) is 1.65. The maximum absolute atomic E-state index is 14.5. The van der Waals surface area contributed by atoms with Crippen LogP contribution in [-0.4, -0.2) is 42.6 Å². The van der Waals surface area contributed by atoms with Crippen LogP contribution in [0.2, 0.25) is 5.15 Å². The van der Waals surface area contributed by atoms with Crippen molar-refractivity contribution in [1.82, 2.24) is 29.5 Å². The van der Waals surface area contributed by atoms with Gasteiger partial charge >= 0.3 is 0 Å². The van der Waals surface area contributed by atoms with Crippen molar-refractivity contribution >= 4 is 34.3 Å². The Labute approximate surface area is 234 Å². The van der Waals surface area contributed by atoms with Crippen molar-refractivity contribution in [3.63, 3.8) is 0 Å². The quantitative estimate of drug-likeness (QED) is 0.307. The highest BCUT2D eigenvalue weighted by molar-refractivity contribution is 6.29. The number of aromatic nitrogens is 6. The lowest BCUT2D eigenvalue weighted by Gasteiger charge is -2.41. The summed E-state index contributed by atoms with van der Waals surface area (Å²) >= 11 is 6.19. The fourth-order valence-corrected chi connectivity index (χ4v) is 5.37. The van der Waals surface area contributed by atoms with Gasteiger partial charge in [-0.1, -0.05) is 23.7 Å². The number of rotatable bonds is 5. The van der Waals surface area contributed by atoms with Crippen molar-refractivity contribution in [1.29, 1.82) is 5.26 Å². The maximum Gasteiger partial charge on any atom is 0.165 e. The molecule has 40 heavy (non-hydrogen) atoms. The second-order valence-electron chi connectivity index (χ2n) is 9.84. The zero-order chi connectivity index (χ0) is 27.9. The number of anilines is 2. The molecule has 0 saturated carbocycles. The fraction of sp³-hybridized carbons (Fsp3) is 0.214. The number of nitriles is 1. The third kappa shape index (κ3) is 4.68. The second-order valence-corrected chi connectivity index (χ2v) is 10.2. The second kappa shape index (κ2) is 10.1. The number of nitrogen functional groups attached to an aromatic ring is 1. The van der Waals surface area contributed by atoms with E-state index < -0.39 is 11.4 Å². The summed E-state index contributed by atoms with van der Waals surface area (Å²) in [5.41, 5.74) is 16.9. The molecular formula is C28H24ClFN10. The first-order valence-electron chi connectivity index (χ1n) is 12.6. The Morgan fingerprint density at radius 2 is 2.00 bits per heavy atom. The van der Waals surface area contributed by atoms with E-state index >= 15 is 0 Å². The molecule has 5 aromatic rings. The van der Waals surface area contributed by atoms with E-state index in [1.165, 1.54) is 18.5 Å². The minimum absolute atomic E-state index is 0.0232. The van der Waals surface area contributed by atoms with Crippen LogP contribution in [0.4, 0.5) is 15.9 Å². The zero-order valence-corrected chi connectivity index (χ0v) is 22.1. The minimum atomic E-state index is -0.710. The highest BCUT2D eigenvalue weighted by atomic mass is 35.5. The van der Waals surface area contributed by atoms with E-state index in [1.54, 1.807) is 24.7 Å². The summed E-state index contributed by atoms with van der Waals surface area (Å²) < 4.78 is 16.4. The SMILES string of the molecule is N#Cc1ccc(-c2cc(Cn3cnc4c(N)ncnc43)c(N3CCCC(N)(c4cccc(Cl)n4)C3)cn2)cc1F. The van der Waals surface area contributed by atoms with Crippen LogP contribution < -0.4 is 16.4 Å². The van der Waals surface area contributed by atoms with Crippen LogP contribution in [-0.2, 0) is 12.1 Å². The molecule has 200 valence electrons. The molecule has 5 heterocycles. The lowest BCUT2D eigenvalue weighted by atomic mass is 9.86. The molecule has 1 aliphatic rings. The third-order valence-corrected chi connectivity index (χ3v) is 7.42. The lowest BCUT2D eigenvalue weighted by molar-refractivity contribution is 0.345. The number of hydrogen-bond donors (Lipinski definition) is 2. The summed E-state index contributed by atoms with van der Waals surface area (Å²) in [7, 11) is 0. The van der Waals surface area contributed by atoms with Crippen molar-refractivity contribution in [3.8, 4) is 17.3 Å². The number of pyridine rings is 2. The van der Waals surface area contributed by atoms with Crippen molar-refractivity contribution in [2.24, 2.45) is 5.73 Å². The Bertz CT molecular complexity index is 1780. The van der Waals surface area contributed by atoms with Crippen molar-refractivity contribution in [2.75, 3.05) is 23.7 Å². The summed E-state index contributed by atoms with van der Waals surface area (Å²) in [6.07, 6.45) is 6.44. The Hall–Kier alpha value is -4.66. The van der Waals surface area contributed by atoms with Gasteiger partial charge < -0.3 is 20.9 Å². The monoisotopic (exact) mass is 554 g/mol. The fourth-order valence-electron chi connectivity index (χ4n) is 5.21. The average molecular weight is 555 g/mol. The van der Waals surface area contributed by atoms with Crippen LogP contribution in [0.3, 0.4) is 0 Å². The summed E-state index contributed by atoms with van der Waals surface area (Å²) in [4.78, 5) is 24.2. The molecule has 0 spiro atoms. The van der Waals surface area contributed by atoms with Crippen LogP contribution in [0.1, 0.15) is 29.7 Å². The molecule has 12 heteroatoms. The number of piperidine rings is 1. The first-order valence-corrected chi connectivity index (χ1v) is 13.0. The molecule has 1 atom stereocenters. The van der Waals surface area contributed by atoms with Crippen molar-refractivity contribution in [3.05, 3.63) is 89.1 Å². The van der Waals surface area contributed by atoms with Crippen LogP contribution >= 0.6 is 11.6 Å². The molecule has 0 radical (unpaired) electrons. The highest BCUT2D eigenvalue weighted by Gasteiger charge is 2.35. The molecule has 10 nitrogen and oxygen atoms in total. The van der Waals surface area contributed by atoms with Gasteiger partial charge in [0.2, 0.25) is 0 Å². The maximum atomic E-state index is 14.5. The number of hydrogen-bond acceptors (Lipinski definition) is 9. The molecule has 1 fully saturated rings. The van der Waals surface area contributed by atoms with E-state index in [9.17, 15) is 4.39 Å². The van der Waals surface area contributed by atoms with Crippen molar-refractivity contribution in [2.45, 2.75) is 24.9 Å². The molecule has 1 aliphatic heterocycles. The van der Waals surface area contributed by atoms with Gasteiger partial charge in [0.15, 0.2) is 11.5 Å². The van der Waals surface area contributed by atoms with E-state index in [0.717, 1.165) is 36.3 Å². The Morgan fingerprint density at radius 3 is 2.80 bits per heavy atom. The first kappa shape index (κ1) is 25.6. The van der Waals surface area contributed by atoms with E-state index in [2.05, 4.69) is 29.8 Å². The highest BCUT2D eigenvalue weighted by Crippen LogP contribution is 2.35. The molecular weight excluding hydrogens is 531 g/mol. The molecule has 0 bridgehead atoms. The molecule has 0 aliphatic carbocycles. The van der Waals surface area contributed by atoms with Crippen LogP contribution in [0, 0.1) is 17.1 Å². The van der Waals surface area contributed by atoms with Gasteiger partial charge in [0.25, 0.3) is 0 Å². The van der Waals surface area contributed by atoms with Crippen LogP contribution in [0.15, 0.2) is 61.3 Å². The largest absolute Gasteiger partial charge is 0.382 e. The normalized spacial score (nSPS) is 17.2.